The molecule has 1 atom stereocenters. The molecule has 1 aliphatic heterocycles. The SMILES string of the molecule is CCCC(CNCC(C)C)N1CCC(COC)CC1. The van der Waals surface area contributed by atoms with Gasteiger partial charge in [-0.2, -0.15) is 0 Å². The molecular weight excluding hydrogens is 236 g/mol. The summed E-state index contributed by atoms with van der Waals surface area (Å²) in [5, 5.41) is 3.64. The van der Waals surface area contributed by atoms with Crippen molar-refractivity contribution in [2.24, 2.45) is 11.8 Å². The third-order valence-electron chi connectivity index (χ3n) is 4.12. The minimum atomic E-state index is 0.729. The molecule has 0 bridgehead atoms. The zero-order chi connectivity index (χ0) is 14.1. The number of hydrogen-bond acceptors (Lipinski definition) is 3. The van der Waals surface area contributed by atoms with Gasteiger partial charge in [-0.25, -0.2) is 0 Å². The van der Waals surface area contributed by atoms with Crippen LogP contribution >= 0.6 is 0 Å². The fourth-order valence-corrected chi connectivity index (χ4v) is 3.01. The van der Waals surface area contributed by atoms with Crippen LogP contribution in [0.1, 0.15) is 46.5 Å². The van der Waals surface area contributed by atoms with E-state index in [2.05, 4.69) is 31.0 Å². The van der Waals surface area contributed by atoms with E-state index in [9.17, 15) is 0 Å². The van der Waals surface area contributed by atoms with E-state index in [1.54, 1.807) is 0 Å². The van der Waals surface area contributed by atoms with Crippen molar-refractivity contribution in [2.75, 3.05) is 39.9 Å². The highest BCUT2D eigenvalue weighted by molar-refractivity contribution is 4.80. The average Bonchev–Trinajstić information content (AvgIpc) is 2.39. The predicted octanol–water partition coefficient (Wildman–Crippen LogP) is 2.76. The lowest BCUT2D eigenvalue weighted by Gasteiger charge is -2.37. The van der Waals surface area contributed by atoms with Crippen molar-refractivity contribution >= 4 is 0 Å². The fourth-order valence-electron chi connectivity index (χ4n) is 3.01. The van der Waals surface area contributed by atoms with E-state index in [0.717, 1.165) is 37.6 Å². The lowest BCUT2D eigenvalue weighted by Crippen LogP contribution is -2.47. The minimum Gasteiger partial charge on any atom is -0.384 e. The number of nitrogens with zero attached hydrogens (tertiary/aromatic N) is 1. The van der Waals surface area contributed by atoms with Crippen LogP contribution in [-0.2, 0) is 4.74 Å². The van der Waals surface area contributed by atoms with Crippen LogP contribution in [0.25, 0.3) is 0 Å². The second-order valence-corrected chi connectivity index (χ2v) is 6.43. The Morgan fingerprint density at radius 3 is 2.42 bits per heavy atom. The van der Waals surface area contributed by atoms with Crippen LogP contribution in [0, 0.1) is 11.8 Å². The fraction of sp³-hybridized carbons (Fsp3) is 1.00. The molecule has 19 heavy (non-hydrogen) atoms. The van der Waals surface area contributed by atoms with Crippen LogP contribution in [0.5, 0.6) is 0 Å². The molecule has 1 unspecified atom stereocenters. The normalized spacial score (nSPS) is 20.1. The Hall–Kier alpha value is -0.120. The maximum Gasteiger partial charge on any atom is 0.0491 e. The Balaban J connectivity index is 2.31. The molecule has 1 rings (SSSR count). The molecule has 1 heterocycles. The highest BCUT2D eigenvalue weighted by Crippen LogP contribution is 2.20. The number of nitrogens with one attached hydrogen (secondary N) is 1. The average molecular weight is 270 g/mol. The van der Waals surface area contributed by atoms with Crippen LogP contribution in [0.2, 0.25) is 0 Å². The van der Waals surface area contributed by atoms with Gasteiger partial charge in [0, 0.05) is 26.3 Å². The maximum atomic E-state index is 5.28. The molecule has 0 spiro atoms. The van der Waals surface area contributed by atoms with Gasteiger partial charge in [0.15, 0.2) is 0 Å². The van der Waals surface area contributed by atoms with Gasteiger partial charge in [0.2, 0.25) is 0 Å². The van der Waals surface area contributed by atoms with Gasteiger partial charge in [0.05, 0.1) is 0 Å². The van der Waals surface area contributed by atoms with Gasteiger partial charge < -0.3 is 10.1 Å². The Labute approximate surface area is 120 Å². The molecular formula is C16H34N2O. The zero-order valence-corrected chi connectivity index (χ0v) is 13.5. The van der Waals surface area contributed by atoms with Crippen molar-refractivity contribution in [3.8, 4) is 0 Å². The maximum absolute atomic E-state index is 5.28. The molecule has 0 saturated carbocycles. The molecule has 0 aromatic carbocycles. The summed E-state index contributed by atoms with van der Waals surface area (Å²) >= 11 is 0. The summed E-state index contributed by atoms with van der Waals surface area (Å²) in [5.74, 6) is 1.53. The largest absolute Gasteiger partial charge is 0.384 e. The standard InChI is InChI=1S/C16H34N2O/c1-5-6-16(12-17-11-14(2)3)18-9-7-15(8-10-18)13-19-4/h14-17H,5-13H2,1-4H3. The summed E-state index contributed by atoms with van der Waals surface area (Å²) in [6.45, 7) is 12.6. The number of rotatable bonds is 9. The summed E-state index contributed by atoms with van der Waals surface area (Å²) < 4.78 is 5.28. The van der Waals surface area contributed by atoms with Crippen molar-refractivity contribution < 1.29 is 4.74 Å². The van der Waals surface area contributed by atoms with E-state index in [1.165, 1.54) is 38.8 Å². The summed E-state index contributed by atoms with van der Waals surface area (Å²) in [7, 11) is 1.82. The zero-order valence-electron chi connectivity index (χ0n) is 13.5. The Morgan fingerprint density at radius 2 is 1.89 bits per heavy atom. The second kappa shape index (κ2) is 9.73. The van der Waals surface area contributed by atoms with Crippen molar-refractivity contribution in [1.82, 2.24) is 10.2 Å². The summed E-state index contributed by atoms with van der Waals surface area (Å²) in [6, 6.07) is 0.729. The van der Waals surface area contributed by atoms with Gasteiger partial charge in [-0.15, -0.1) is 0 Å². The van der Waals surface area contributed by atoms with E-state index in [4.69, 9.17) is 4.74 Å². The summed E-state index contributed by atoms with van der Waals surface area (Å²) in [4.78, 5) is 2.70. The quantitative estimate of drug-likeness (QED) is 0.697. The highest BCUT2D eigenvalue weighted by Gasteiger charge is 2.24. The van der Waals surface area contributed by atoms with Gasteiger partial charge >= 0.3 is 0 Å². The minimum absolute atomic E-state index is 0.729. The topological polar surface area (TPSA) is 24.5 Å². The summed E-state index contributed by atoms with van der Waals surface area (Å²) in [5.41, 5.74) is 0. The van der Waals surface area contributed by atoms with Crippen molar-refractivity contribution in [3.63, 3.8) is 0 Å². The van der Waals surface area contributed by atoms with Crippen LogP contribution in [0.15, 0.2) is 0 Å². The third kappa shape index (κ3) is 6.73. The van der Waals surface area contributed by atoms with Crippen LogP contribution in [0.4, 0.5) is 0 Å². The summed E-state index contributed by atoms with van der Waals surface area (Å²) in [6.07, 6.45) is 5.21. The van der Waals surface area contributed by atoms with Gasteiger partial charge in [0.1, 0.15) is 0 Å². The van der Waals surface area contributed by atoms with E-state index in [1.807, 2.05) is 7.11 Å². The lowest BCUT2D eigenvalue weighted by molar-refractivity contribution is 0.0763. The second-order valence-electron chi connectivity index (χ2n) is 6.43. The van der Waals surface area contributed by atoms with E-state index in [-0.39, 0.29) is 0 Å². The number of likely N-dealkylation sites (tertiary alicyclic amines) is 1. The van der Waals surface area contributed by atoms with Gasteiger partial charge in [0.25, 0.3) is 0 Å². The Morgan fingerprint density at radius 1 is 1.21 bits per heavy atom. The van der Waals surface area contributed by atoms with Gasteiger partial charge in [-0.3, -0.25) is 4.90 Å². The first kappa shape index (κ1) is 16.9. The predicted molar refractivity (Wildman–Crippen MR) is 82.6 cm³/mol. The molecule has 0 aliphatic carbocycles. The number of hydrogen-bond donors (Lipinski definition) is 1. The Kier molecular flexibility index (Phi) is 8.67. The van der Waals surface area contributed by atoms with Crippen molar-refractivity contribution in [1.29, 1.82) is 0 Å². The number of piperidine rings is 1. The third-order valence-corrected chi connectivity index (χ3v) is 4.12. The first-order valence-electron chi connectivity index (χ1n) is 8.11. The lowest BCUT2D eigenvalue weighted by atomic mass is 9.95. The molecule has 3 heteroatoms. The molecule has 1 aliphatic rings. The highest BCUT2D eigenvalue weighted by atomic mass is 16.5. The number of methoxy groups -OCH3 is 1. The molecule has 114 valence electrons. The van der Waals surface area contributed by atoms with Crippen molar-refractivity contribution in [2.45, 2.75) is 52.5 Å². The molecule has 0 aromatic rings. The van der Waals surface area contributed by atoms with E-state index >= 15 is 0 Å². The van der Waals surface area contributed by atoms with Gasteiger partial charge in [-0.05, 0) is 50.7 Å². The smallest absolute Gasteiger partial charge is 0.0491 e. The molecule has 1 N–H and O–H groups in total. The first-order chi connectivity index (χ1) is 9.17. The molecule has 0 radical (unpaired) electrons. The molecule has 0 aromatic heterocycles. The Bertz CT molecular complexity index is 213. The van der Waals surface area contributed by atoms with Crippen molar-refractivity contribution in [3.05, 3.63) is 0 Å². The van der Waals surface area contributed by atoms with Crippen LogP contribution in [0.3, 0.4) is 0 Å². The monoisotopic (exact) mass is 270 g/mol. The molecule has 0 amide bonds. The molecule has 3 nitrogen and oxygen atoms in total. The van der Waals surface area contributed by atoms with Crippen LogP contribution in [-0.4, -0.2) is 50.8 Å². The number of ether oxygens (including phenoxy) is 1. The van der Waals surface area contributed by atoms with E-state index in [0.29, 0.717) is 0 Å². The van der Waals surface area contributed by atoms with E-state index < -0.39 is 0 Å². The van der Waals surface area contributed by atoms with Gasteiger partial charge in [-0.1, -0.05) is 27.2 Å². The van der Waals surface area contributed by atoms with Crippen LogP contribution < -0.4 is 5.32 Å². The molecule has 1 saturated heterocycles. The molecule has 1 fully saturated rings. The first-order valence-corrected chi connectivity index (χ1v) is 8.11.